The topological polar surface area (TPSA) is 98.3 Å². The Hall–Kier alpha value is -2.11. The number of nitrogens with zero attached hydrogens (tertiary/aromatic N) is 1. The first kappa shape index (κ1) is 16.9. The van der Waals surface area contributed by atoms with Crippen molar-refractivity contribution in [2.45, 2.75) is 46.1 Å². The van der Waals surface area contributed by atoms with Crippen molar-refractivity contribution < 1.29 is 9.72 Å². The molecule has 1 amide bonds. The number of benzene rings is 1. The Kier molecular flexibility index (Phi) is 6.14. The van der Waals surface area contributed by atoms with E-state index in [0.717, 1.165) is 19.3 Å². The molecule has 1 atom stereocenters. The second-order valence-electron chi connectivity index (χ2n) is 5.73. The Labute approximate surface area is 124 Å². The van der Waals surface area contributed by atoms with Crippen LogP contribution in [0.2, 0.25) is 0 Å². The number of hydrogen-bond acceptors (Lipinski definition) is 4. The fourth-order valence-corrected chi connectivity index (χ4v) is 2.07. The van der Waals surface area contributed by atoms with E-state index in [1.165, 1.54) is 18.2 Å². The first-order valence-electron chi connectivity index (χ1n) is 7.16. The number of nitrogen functional groups attached to an aromatic ring is 1. The summed E-state index contributed by atoms with van der Waals surface area (Å²) in [4.78, 5) is 22.2. The monoisotopic (exact) mass is 293 g/mol. The molecule has 1 aromatic rings. The SMILES string of the molecule is CC(C)CCCC(C)NC(=O)c1ccc([N+](=O)[O-])c(N)c1. The van der Waals surface area contributed by atoms with E-state index in [1.54, 1.807) is 0 Å². The van der Waals surface area contributed by atoms with Gasteiger partial charge in [-0.3, -0.25) is 14.9 Å². The fraction of sp³-hybridized carbons (Fsp3) is 0.533. The molecule has 0 fully saturated rings. The Balaban J connectivity index is 2.59. The van der Waals surface area contributed by atoms with Crippen molar-refractivity contribution >= 4 is 17.3 Å². The number of amides is 1. The summed E-state index contributed by atoms with van der Waals surface area (Å²) >= 11 is 0. The molecule has 0 saturated carbocycles. The molecular weight excluding hydrogens is 270 g/mol. The number of carbonyl (C=O) groups is 1. The summed E-state index contributed by atoms with van der Waals surface area (Å²) < 4.78 is 0. The number of nitrogens with one attached hydrogen (secondary N) is 1. The zero-order valence-electron chi connectivity index (χ0n) is 12.8. The molecule has 0 spiro atoms. The van der Waals surface area contributed by atoms with Crippen LogP contribution in [-0.4, -0.2) is 16.9 Å². The molecule has 0 saturated heterocycles. The highest BCUT2D eigenvalue weighted by atomic mass is 16.6. The predicted octanol–water partition coefficient (Wildman–Crippen LogP) is 3.12. The molecule has 0 radical (unpaired) electrons. The molecule has 0 heterocycles. The highest BCUT2D eigenvalue weighted by Crippen LogP contribution is 2.22. The lowest BCUT2D eigenvalue weighted by Crippen LogP contribution is -2.32. The largest absolute Gasteiger partial charge is 0.393 e. The first-order chi connectivity index (χ1) is 9.81. The van der Waals surface area contributed by atoms with Gasteiger partial charge in [-0.05, 0) is 31.4 Å². The van der Waals surface area contributed by atoms with Crippen LogP contribution in [0.1, 0.15) is 50.4 Å². The van der Waals surface area contributed by atoms with Gasteiger partial charge in [-0.2, -0.15) is 0 Å². The Morgan fingerprint density at radius 3 is 2.52 bits per heavy atom. The third-order valence-electron chi connectivity index (χ3n) is 3.28. The molecule has 0 bridgehead atoms. The lowest BCUT2D eigenvalue weighted by atomic mass is 10.0. The highest BCUT2D eigenvalue weighted by Gasteiger charge is 2.15. The second-order valence-corrected chi connectivity index (χ2v) is 5.73. The van der Waals surface area contributed by atoms with Gasteiger partial charge in [0, 0.05) is 17.7 Å². The summed E-state index contributed by atoms with van der Waals surface area (Å²) in [5.41, 5.74) is 5.74. The lowest BCUT2D eigenvalue weighted by molar-refractivity contribution is -0.383. The molecule has 0 aliphatic heterocycles. The van der Waals surface area contributed by atoms with E-state index in [4.69, 9.17) is 5.73 Å². The van der Waals surface area contributed by atoms with E-state index in [-0.39, 0.29) is 23.3 Å². The van der Waals surface area contributed by atoms with Crippen molar-refractivity contribution in [3.8, 4) is 0 Å². The van der Waals surface area contributed by atoms with Crippen LogP contribution < -0.4 is 11.1 Å². The molecule has 0 aromatic heterocycles. The summed E-state index contributed by atoms with van der Waals surface area (Å²) in [6.45, 7) is 6.29. The van der Waals surface area contributed by atoms with Crippen molar-refractivity contribution in [1.29, 1.82) is 0 Å². The average Bonchev–Trinajstić information content (AvgIpc) is 2.37. The summed E-state index contributed by atoms with van der Waals surface area (Å²) in [7, 11) is 0. The summed E-state index contributed by atoms with van der Waals surface area (Å²) in [5.74, 6) is 0.399. The predicted molar refractivity (Wildman–Crippen MR) is 83.1 cm³/mol. The minimum absolute atomic E-state index is 0.000103. The number of nitro benzene ring substituents is 1. The van der Waals surface area contributed by atoms with Gasteiger partial charge in [0.1, 0.15) is 5.69 Å². The van der Waals surface area contributed by atoms with Crippen molar-refractivity contribution in [3.05, 3.63) is 33.9 Å². The van der Waals surface area contributed by atoms with E-state index < -0.39 is 4.92 Å². The van der Waals surface area contributed by atoms with Gasteiger partial charge < -0.3 is 11.1 Å². The number of nitrogens with two attached hydrogens (primary N) is 1. The molecule has 1 aromatic carbocycles. The van der Waals surface area contributed by atoms with Crippen LogP contribution >= 0.6 is 0 Å². The quantitative estimate of drug-likeness (QED) is 0.458. The number of anilines is 1. The van der Waals surface area contributed by atoms with Gasteiger partial charge in [-0.15, -0.1) is 0 Å². The molecule has 116 valence electrons. The van der Waals surface area contributed by atoms with E-state index in [9.17, 15) is 14.9 Å². The van der Waals surface area contributed by atoms with Crippen molar-refractivity contribution in [1.82, 2.24) is 5.32 Å². The zero-order chi connectivity index (χ0) is 16.0. The van der Waals surface area contributed by atoms with Crippen LogP contribution in [0.4, 0.5) is 11.4 Å². The number of carbonyl (C=O) groups excluding carboxylic acids is 1. The van der Waals surface area contributed by atoms with Gasteiger partial charge in [0.05, 0.1) is 4.92 Å². The van der Waals surface area contributed by atoms with Gasteiger partial charge in [0.25, 0.3) is 11.6 Å². The maximum Gasteiger partial charge on any atom is 0.292 e. The molecule has 0 aliphatic rings. The molecule has 1 rings (SSSR count). The number of nitro groups is 1. The minimum Gasteiger partial charge on any atom is -0.393 e. The van der Waals surface area contributed by atoms with Crippen LogP contribution in [0.3, 0.4) is 0 Å². The molecule has 1 unspecified atom stereocenters. The molecule has 21 heavy (non-hydrogen) atoms. The Bertz CT molecular complexity index is 515. The van der Waals surface area contributed by atoms with E-state index in [0.29, 0.717) is 11.5 Å². The van der Waals surface area contributed by atoms with Crippen LogP contribution in [0.5, 0.6) is 0 Å². The minimum atomic E-state index is -0.564. The van der Waals surface area contributed by atoms with Crippen LogP contribution in [0, 0.1) is 16.0 Å². The number of hydrogen-bond donors (Lipinski definition) is 2. The standard InChI is InChI=1S/C15H23N3O3/c1-10(2)5-4-6-11(3)17-15(19)12-7-8-14(18(20)21)13(16)9-12/h7-11H,4-6,16H2,1-3H3,(H,17,19). The first-order valence-corrected chi connectivity index (χ1v) is 7.16. The summed E-state index contributed by atoms with van der Waals surface area (Å²) in [6.07, 6.45) is 3.10. The second kappa shape index (κ2) is 7.61. The maximum absolute atomic E-state index is 12.0. The fourth-order valence-electron chi connectivity index (χ4n) is 2.07. The third-order valence-corrected chi connectivity index (χ3v) is 3.28. The van der Waals surface area contributed by atoms with Crippen molar-refractivity contribution in [2.75, 3.05) is 5.73 Å². The van der Waals surface area contributed by atoms with Gasteiger partial charge in [0.15, 0.2) is 0 Å². The average molecular weight is 293 g/mol. The van der Waals surface area contributed by atoms with Gasteiger partial charge >= 0.3 is 0 Å². The van der Waals surface area contributed by atoms with Crippen molar-refractivity contribution in [2.24, 2.45) is 5.92 Å². The van der Waals surface area contributed by atoms with Gasteiger partial charge in [-0.1, -0.05) is 26.7 Å². The molecular formula is C15H23N3O3. The van der Waals surface area contributed by atoms with E-state index in [2.05, 4.69) is 19.2 Å². The molecule has 6 heteroatoms. The van der Waals surface area contributed by atoms with Gasteiger partial charge in [0.2, 0.25) is 0 Å². The molecule has 3 N–H and O–H groups in total. The number of rotatable bonds is 7. The zero-order valence-corrected chi connectivity index (χ0v) is 12.8. The van der Waals surface area contributed by atoms with Crippen LogP contribution in [0.25, 0.3) is 0 Å². The van der Waals surface area contributed by atoms with Crippen LogP contribution in [-0.2, 0) is 0 Å². The summed E-state index contributed by atoms with van der Waals surface area (Å²) in [6, 6.07) is 4.08. The Morgan fingerprint density at radius 1 is 1.33 bits per heavy atom. The van der Waals surface area contributed by atoms with Crippen LogP contribution in [0.15, 0.2) is 18.2 Å². The normalized spacial score (nSPS) is 12.2. The van der Waals surface area contributed by atoms with Gasteiger partial charge in [-0.25, -0.2) is 0 Å². The van der Waals surface area contributed by atoms with E-state index >= 15 is 0 Å². The highest BCUT2D eigenvalue weighted by molar-refractivity contribution is 5.95. The molecule has 6 nitrogen and oxygen atoms in total. The third kappa shape index (κ3) is 5.41. The molecule has 0 aliphatic carbocycles. The smallest absolute Gasteiger partial charge is 0.292 e. The lowest BCUT2D eigenvalue weighted by Gasteiger charge is -2.14. The Morgan fingerprint density at radius 2 is 2.00 bits per heavy atom. The maximum atomic E-state index is 12.0. The van der Waals surface area contributed by atoms with Crippen molar-refractivity contribution in [3.63, 3.8) is 0 Å². The van der Waals surface area contributed by atoms with E-state index in [1.807, 2.05) is 6.92 Å². The summed E-state index contributed by atoms with van der Waals surface area (Å²) in [5, 5.41) is 13.6.